The van der Waals surface area contributed by atoms with Crippen LogP contribution in [0.25, 0.3) is 0 Å². The SMILES string of the molecule is O=C(O)c1cc(NS(=O)(=O)c2cc(Cl)sc2Cl)ccc1Br. The number of nitrogens with one attached hydrogen (secondary N) is 1. The minimum Gasteiger partial charge on any atom is -0.478 e. The third-order valence-electron chi connectivity index (χ3n) is 2.36. The van der Waals surface area contributed by atoms with Crippen molar-refractivity contribution in [2.75, 3.05) is 4.72 Å². The average Bonchev–Trinajstić information content (AvgIpc) is 2.71. The van der Waals surface area contributed by atoms with Gasteiger partial charge >= 0.3 is 5.97 Å². The molecule has 5 nitrogen and oxygen atoms in total. The second-order valence-corrected chi connectivity index (χ2v) is 8.58. The third kappa shape index (κ3) is 3.70. The predicted molar refractivity (Wildman–Crippen MR) is 86.2 cm³/mol. The molecule has 21 heavy (non-hydrogen) atoms. The molecule has 0 amide bonds. The topological polar surface area (TPSA) is 83.5 Å². The monoisotopic (exact) mass is 429 g/mol. The number of hydrogen-bond donors (Lipinski definition) is 2. The van der Waals surface area contributed by atoms with Crippen LogP contribution in [0.1, 0.15) is 10.4 Å². The number of benzene rings is 1. The van der Waals surface area contributed by atoms with Crippen LogP contribution in [0.4, 0.5) is 5.69 Å². The van der Waals surface area contributed by atoms with Crippen LogP contribution in [0.3, 0.4) is 0 Å². The summed E-state index contributed by atoms with van der Waals surface area (Å²) in [5.41, 5.74) is 0.0404. The Morgan fingerprint density at radius 3 is 2.48 bits per heavy atom. The van der Waals surface area contributed by atoms with E-state index in [0.29, 0.717) is 4.47 Å². The first-order valence-corrected chi connectivity index (χ1v) is 9.06. The molecule has 0 spiro atoms. The van der Waals surface area contributed by atoms with Crippen molar-refractivity contribution in [3.05, 3.63) is 43.0 Å². The maximum absolute atomic E-state index is 12.2. The highest BCUT2D eigenvalue weighted by atomic mass is 79.9. The molecule has 112 valence electrons. The highest BCUT2D eigenvalue weighted by molar-refractivity contribution is 9.10. The zero-order valence-corrected chi connectivity index (χ0v) is 14.7. The molecule has 0 bridgehead atoms. The molecule has 1 heterocycles. The predicted octanol–water partition coefficient (Wildman–Crippen LogP) is 4.32. The Kier molecular flexibility index (Phi) is 4.84. The Balaban J connectivity index is 2.40. The number of sulfonamides is 1. The van der Waals surface area contributed by atoms with Crippen LogP contribution in [0.2, 0.25) is 8.67 Å². The second kappa shape index (κ2) is 6.13. The van der Waals surface area contributed by atoms with Crippen LogP contribution in [0.15, 0.2) is 33.6 Å². The molecular formula is C11H6BrCl2NO4S2. The van der Waals surface area contributed by atoms with Gasteiger partial charge in [0.15, 0.2) is 0 Å². The fraction of sp³-hybridized carbons (Fsp3) is 0. The van der Waals surface area contributed by atoms with Gasteiger partial charge < -0.3 is 5.11 Å². The van der Waals surface area contributed by atoms with Crippen LogP contribution in [-0.2, 0) is 10.0 Å². The van der Waals surface area contributed by atoms with Gasteiger partial charge in [0.25, 0.3) is 10.0 Å². The smallest absolute Gasteiger partial charge is 0.336 e. The number of carboxylic acids is 1. The van der Waals surface area contributed by atoms with Gasteiger partial charge in [-0.3, -0.25) is 4.72 Å². The lowest BCUT2D eigenvalue weighted by atomic mass is 10.2. The molecule has 0 fully saturated rings. The number of thiophene rings is 1. The first kappa shape index (κ1) is 16.6. The van der Waals surface area contributed by atoms with Crippen molar-refractivity contribution in [1.29, 1.82) is 0 Å². The molecule has 1 aromatic carbocycles. The molecular weight excluding hydrogens is 425 g/mol. The van der Waals surface area contributed by atoms with Crippen molar-refractivity contribution in [3.8, 4) is 0 Å². The fourth-order valence-electron chi connectivity index (χ4n) is 1.47. The molecule has 0 saturated heterocycles. The zero-order chi connectivity index (χ0) is 15.8. The minimum atomic E-state index is -3.94. The standard InChI is InChI=1S/C11H6BrCl2NO4S2/c12-7-2-1-5(3-6(7)11(16)17)15-21(18,19)8-4-9(13)20-10(8)14/h1-4,15H,(H,16,17). The lowest BCUT2D eigenvalue weighted by Gasteiger charge is -2.08. The Hall–Kier alpha value is -0.800. The van der Waals surface area contributed by atoms with Crippen LogP contribution in [0, 0.1) is 0 Å². The number of rotatable bonds is 4. The Labute approximate surface area is 142 Å². The summed E-state index contributed by atoms with van der Waals surface area (Å²) in [6, 6.07) is 5.29. The molecule has 0 saturated carbocycles. The van der Waals surface area contributed by atoms with E-state index in [2.05, 4.69) is 20.7 Å². The average molecular weight is 431 g/mol. The highest BCUT2D eigenvalue weighted by Gasteiger charge is 2.21. The van der Waals surface area contributed by atoms with Gasteiger partial charge in [0, 0.05) is 10.2 Å². The fourth-order valence-corrected chi connectivity index (χ4v) is 5.09. The second-order valence-electron chi connectivity index (χ2n) is 3.79. The summed E-state index contributed by atoms with van der Waals surface area (Å²) < 4.78 is 27.3. The van der Waals surface area contributed by atoms with Crippen molar-refractivity contribution in [1.82, 2.24) is 0 Å². The number of carboxylic acid groups (broad SMARTS) is 1. The van der Waals surface area contributed by atoms with Gasteiger partial charge in [-0.15, -0.1) is 11.3 Å². The summed E-state index contributed by atoms with van der Waals surface area (Å²) in [6.07, 6.45) is 0. The van der Waals surface area contributed by atoms with E-state index in [0.717, 1.165) is 11.3 Å². The third-order valence-corrected chi connectivity index (χ3v) is 6.19. The molecule has 0 aliphatic heterocycles. The molecule has 0 aliphatic carbocycles. The maximum atomic E-state index is 12.2. The summed E-state index contributed by atoms with van der Waals surface area (Å²) in [4.78, 5) is 10.9. The first-order valence-electron chi connectivity index (χ1n) is 5.21. The van der Waals surface area contributed by atoms with Gasteiger partial charge in [0.05, 0.1) is 9.90 Å². The summed E-state index contributed by atoms with van der Waals surface area (Å²) in [5, 5.41) is 9.01. The number of hydrogen-bond acceptors (Lipinski definition) is 4. The van der Waals surface area contributed by atoms with E-state index >= 15 is 0 Å². The lowest BCUT2D eigenvalue weighted by Crippen LogP contribution is -2.13. The molecule has 0 atom stereocenters. The minimum absolute atomic E-state index is 0.0306. The quantitative estimate of drug-likeness (QED) is 0.756. The van der Waals surface area contributed by atoms with Gasteiger partial charge in [0.1, 0.15) is 9.23 Å². The summed E-state index contributed by atoms with van der Waals surface area (Å²) in [7, 11) is -3.94. The molecule has 0 unspecified atom stereocenters. The number of anilines is 1. The van der Waals surface area contributed by atoms with E-state index in [1.54, 1.807) is 0 Å². The number of halogens is 3. The summed E-state index contributed by atoms with van der Waals surface area (Å²) in [6.45, 7) is 0. The van der Waals surface area contributed by atoms with Gasteiger partial charge in [-0.05, 0) is 40.2 Å². The summed E-state index contributed by atoms with van der Waals surface area (Å²) in [5.74, 6) is -1.18. The van der Waals surface area contributed by atoms with Crippen LogP contribution < -0.4 is 4.72 Å². The van der Waals surface area contributed by atoms with E-state index < -0.39 is 16.0 Å². The van der Waals surface area contributed by atoms with Crippen LogP contribution in [-0.4, -0.2) is 19.5 Å². The van der Waals surface area contributed by atoms with Gasteiger partial charge in [-0.2, -0.15) is 0 Å². The van der Waals surface area contributed by atoms with Crippen LogP contribution >= 0.6 is 50.5 Å². The van der Waals surface area contributed by atoms with Gasteiger partial charge in [-0.25, -0.2) is 13.2 Å². The van der Waals surface area contributed by atoms with Crippen molar-refractivity contribution in [2.24, 2.45) is 0 Å². The molecule has 2 N–H and O–H groups in total. The normalized spacial score (nSPS) is 11.4. The molecule has 2 aromatic rings. The van der Waals surface area contributed by atoms with Gasteiger partial charge in [0.2, 0.25) is 0 Å². The van der Waals surface area contributed by atoms with E-state index in [-0.39, 0.29) is 24.8 Å². The number of aromatic carboxylic acids is 1. The van der Waals surface area contributed by atoms with E-state index in [1.165, 1.54) is 24.3 Å². The molecule has 2 rings (SSSR count). The van der Waals surface area contributed by atoms with Crippen molar-refractivity contribution in [3.63, 3.8) is 0 Å². The largest absolute Gasteiger partial charge is 0.478 e. The van der Waals surface area contributed by atoms with Crippen LogP contribution in [0.5, 0.6) is 0 Å². The maximum Gasteiger partial charge on any atom is 0.336 e. The Bertz CT molecular complexity index is 820. The van der Waals surface area contributed by atoms with E-state index in [4.69, 9.17) is 28.3 Å². The van der Waals surface area contributed by atoms with E-state index in [1.807, 2.05) is 0 Å². The van der Waals surface area contributed by atoms with E-state index in [9.17, 15) is 13.2 Å². The summed E-state index contributed by atoms with van der Waals surface area (Å²) >= 11 is 15.5. The lowest BCUT2D eigenvalue weighted by molar-refractivity contribution is 0.0696. The van der Waals surface area contributed by atoms with Crippen molar-refractivity contribution >= 4 is 72.1 Å². The van der Waals surface area contributed by atoms with Crippen molar-refractivity contribution < 1.29 is 18.3 Å². The van der Waals surface area contributed by atoms with Crippen molar-refractivity contribution in [2.45, 2.75) is 4.90 Å². The Morgan fingerprint density at radius 2 is 1.95 bits per heavy atom. The zero-order valence-electron chi connectivity index (χ0n) is 9.93. The molecule has 0 radical (unpaired) electrons. The van der Waals surface area contributed by atoms with Gasteiger partial charge in [-0.1, -0.05) is 23.2 Å². The highest BCUT2D eigenvalue weighted by Crippen LogP contribution is 2.35. The molecule has 0 aliphatic rings. The Morgan fingerprint density at radius 1 is 1.29 bits per heavy atom. The molecule has 10 heteroatoms. The first-order chi connectivity index (χ1) is 9.70. The molecule has 1 aromatic heterocycles. The number of carbonyl (C=O) groups is 1.